The van der Waals surface area contributed by atoms with Crippen LogP contribution in [0.5, 0.6) is 0 Å². The van der Waals surface area contributed by atoms with Crippen LogP contribution < -0.4 is 5.32 Å². The van der Waals surface area contributed by atoms with Crippen molar-refractivity contribution in [1.82, 2.24) is 14.7 Å². The average Bonchev–Trinajstić information content (AvgIpc) is 2.77. The first-order valence-electron chi connectivity index (χ1n) is 6.31. The van der Waals surface area contributed by atoms with E-state index >= 15 is 0 Å². The van der Waals surface area contributed by atoms with Crippen LogP contribution in [-0.4, -0.2) is 47.0 Å². The van der Waals surface area contributed by atoms with Crippen LogP contribution >= 0.6 is 0 Å². The fourth-order valence-electron chi connectivity index (χ4n) is 2.25. The lowest BCUT2D eigenvalue weighted by Crippen LogP contribution is -2.43. The Labute approximate surface area is 110 Å². The van der Waals surface area contributed by atoms with Crippen LogP contribution in [0.1, 0.15) is 0 Å². The number of anilines is 1. The molecule has 0 spiro atoms. The Morgan fingerprint density at radius 3 is 2.84 bits per heavy atom. The number of benzene rings is 1. The number of aryl methyl sites for hydroxylation is 1. The zero-order chi connectivity index (χ0) is 13.2. The lowest BCUT2D eigenvalue weighted by atomic mass is 10.2. The highest BCUT2D eigenvalue weighted by Gasteiger charge is 2.18. The molecular weight excluding hydrogens is 244 g/mol. The van der Waals surface area contributed by atoms with Crippen molar-refractivity contribution in [3.63, 3.8) is 0 Å². The van der Waals surface area contributed by atoms with Gasteiger partial charge in [-0.15, -0.1) is 0 Å². The number of amides is 2. The second-order valence-electron chi connectivity index (χ2n) is 4.52. The minimum Gasteiger partial charge on any atom is -0.378 e. The molecule has 1 aliphatic heterocycles. The van der Waals surface area contributed by atoms with Gasteiger partial charge in [0.25, 0.3) is 0 Å². The van der Waals surface area contributed by atoms with Crippen LogP contribution in [0.4, 0.5) is 10.6 Å². The molecule has 100 valence electrons. The van der Waals surface area contributed by atoms with E-state index in [1.807, 2.05) is 31.3 Å². The van der Waals surface area contributed by atoms with Gasteiger partial charge in [0, 0.05) is 25.5 Å². The lowest BCUT2D eigenvalue weighted by molar-refractivity contribution is 0.0564. The Balaban J connectivity index is 1.83. The standard InChI is InChI=1S/C13H16N4O2/c1-16-11-5-3-2-4-10(11)12(15-16)14-13(18)17-6-8-19-9-7-17/h2-5H,6-9H2,1H3,(H,14,15,18). The first-order chi connectivity index (χ1) is 9.25. The summed E-state index contributed by atoms with van der Waals surface area (Å²) in [5, 5.41) is 8.18. The van der Waals surface area contributed by atoms with E-state index in [0.717, 1.165) is 10.9 Å². The van der Waals surface area contributed by atoms with Crippen LogP contribution in [0.3, 0.4) is 0 Å². The number of hydrogen-bond donors (Lipinski definition) is 1. The Hall–Kier alpha value is -2.08. The number of nitrogens with one attached hydrogen (secondary N) is 1. The van der Waals surface area contributed by atoms with Gasteiger partial charge in [-0.3, -0.25) is 10.00 Å². The van der Waals surface area contributed by atoms with Gasteiger partial charge in [-0.25, -0.2) is 4.79 Å². The van der Waals surface area contributed by atoms with Gasteiger partial charge in [0.15, 0.2) is 5.82 Å². The van der Waals surface area contributed by atoms with Gasteiger partial charge in [0.05, 0.1) is 18.7 Å². The van der Waals surface area contributed by atoms with Gasteiger partial charge in [-0.05, 0) is 12.1 Å². The van der Waals surface area contributed by atoms with E-state index in [9.17, 15) is 4.79 Å². The molecule has 3 rings (SSSR count). The predicted molar refractivity (Wildman–Crippen MR) is 72.1 cm³/mol. The molecule has 6 nitrogen and oxygen atoms in total. The summed E-state index contributed by atoms with van der Waals surface area (Å²) in [7, 11) is 1.87. The molecule has 1 N–H and O–H groups in total. The molecule has 1 aliphatic rings. The van der Waals surface area contributed by atoms with Crippen molar-refractivity contribution in [2.24, 2.45) is 7.05 Å². The first-order valence-corrected chi connectivity index (χ1v) is 6.31. The maximum atomic E-state index is 12.1. The Kier molecular flexibility index (Phi) is 3.08. The molecule has 1 aromatic carbocycles. The number of para-hydroxylation sites is 1. The van der Waals surface area contributed by atoms with E-state index in [2.05, 4.69) is 10.4 Å². The average molecular weight is 260 g/mol. The third kappa shape index (κ3) is 2.26. The minimum absolute atomic E-state index is 0.118. The van der Waals surface area contributed by atoms with E-state index < -0.39 is 0 Å². The molecule has 2 aromatic rings. The number of ether oxygens (including phenoxy) is 1. The third-order valence-electron chi connectivity index (χ3n) is 3.28. The molecule has 19 heavy (non-hydrogen) atoms. The van der Waals surface area contributed by atoms with Crippen molar-refractivity contribution in [3.8, 4) is 0 Å². The quantitative estimate of drug-likeness (QED) is 0.844. The van der Waals surface area contributed by atoms with E-state index in [1.54, 1.807) is 9.58 Å². The van der Waals surface area contributed by atoms with Crippen molar-refractivity contribution >= 4 is 22.8 Å². The Morgan fingerprint density at radius 1 is 1.32 bits per heavy atom. The maximum absolute atomic E-state index is 12.1. The van der Waals surface area contributed by atoms with Gasteiger partial charge in [0.2, 0.25) is 0 Å². The Morgan fingerprint density at radius 2 is 2.05 bits per heavy atom. The van der Waals surface area contributed by atoms with Crippen LogP contribution in [0, 0.1) is 0 Å². The van der Waals surface area contributed by atoms with Gasteiger partial charge in [-0.1, -0.05) is 12.1 Å². The minimum atomic E-state index is -0.118. The Bertz CT molecular complexity index is 602. The summed E-state index contributed by atoms with van der Waals surface area (Å²) in [5.41, 5.74) is 1.000. The molecule has 2 heterocycles. The molecule has 1 aromatic heterocycles. The van der Waals surface area contributed by atoms with Crippen molar-refractivity contribution in [3.05, 3.63) is 24.3 Å². The monoisotopic (exact) mass is 260 g/mol. The summed E-state index contributed by atoms with van der Waals surface area (Å²) in [6, 6.07) is 7.71. The van der Waals surface area contributed by atoms with Crippen molar-refractivity contribution in [2.75, 3.05) is 31.6 Å². The summed E-state index contributed by atoms with van der Waals surface area (Å²) in [6.45, 7) is 2.43. The number of urea groups is 1. The molecule has 2 amide bonds. The van der Waals surface area contributed by atoms with Crippen LogP contribution in [0.15, 0.2) is 24.3 Å². The number of morpholine rings is 1. The fourth-order valence-corrected chi connectivity index (χ4v) is 2.25. The highest BCUT2D eigenvalue weighted by atomic mass is 16.5. The summed E-state index contributed by atoms with van der Waals surface area (Å²) < 4.78 is 7.00. The third-order valence-corrected chi connectivity index (χ3v) is 3.28. The van der Waals surface area contributed by atoms with Gasteiger partial charge < -0.3 is 9.64 Å². The molecule has 0 atom stereocenters. The summed E-state index contributed by atoms with van der Waals surface area (Å²) in [4.78, 5) is 13.9. The fraction of sp³-hybridized carbons (Fsp3) is 0.385. The van der Waals surface area contributed by atoms with E-state index in [0.29, 0.717) is 32.1 Å². The van der Waals surface area contributed by atoms with Crippen LogP contribution in [-0.2, 0) is 11.8 Å². The summed E-state index contributed by atoms with van der Waals surface area (Å²) in [5.74, 6) is 0.606. The van der Waals surface area contributed by atoms with Crippen LogP contribution in [0.2, 0.25) is 0 Å². The first kappa shape index (κ1) is 12.0. The number of nitrogens with zero attached hydrogens (tertiary/aromatic N) is 3. The molecule has 0 unspecified atom stereocenters. The van der Waals surface area contributed by atoms with Crippen molar-refractivity contribution in [1.29, 1.82) is 0 Å². The predicted octanol–water partition coefficient (Wildman–Crippen LogP) is 1.44. The topological polar surface area (TPSA) is 59.4 Å². The molecule has 1 fully saturated rings. The smallest absolute Gasteiger partial charge is 0.323 e. The van der Waals surface area contributed by atoms with Gasteiger partial charge >= 0.3 is 6.03 Å². The normalized spacial score (nSPS) is 15.7. The maximum Gasteiger partial charge on any atom is 0.323 e. The SMILES string of the molecule is Cn1nc(NC(=O)N2CCOCC2)c2ccccc21. The molecule has 1 saturated heterocycles. The van der Waals surface area contributed by atoms with Gasteiger partial charge in [-0.2, -0.15) is 5.10 Å². The summed E-state index contributed by atoms with van der Waals surface area (Å²) in [6.07, 6.45) is 0. The largest absolute Gasteiger partial charge is 0.378 e. The number of aromatic nitrogens is 2. The number of rotatable bonds is 1. The summed E-state index contributed by atoms with van der Waals surface area (Å²) >= 11 is 0. The second kappa shape index (κ2) is 4.89. The van der Waals surface area contributed by atoms with Crippen molar-refractivity contribution < 1.29 is 9.53 Å². The second-order valence-corrected chi connectivity index (χ2v) is 4.52. The van der Waals surface area contributed by atoms with E-state index in [1.165, 1.54) is 0 Å². The molecular formula is C13H16N4O2. The number of carbonyl (C=O) groups excluding carboxylic acids is 1. The van der Waals surface area contributed by atoms with Gasteiger partial charge in [0.1, 0.15) is 0 Å². The van der Waals surface area contributed by atoms with E-state index in [-0.39, 0.29) is 6.03 Å². The zero-order valence-corrected chi connectivity index (χ0v) is 10.8. The molecule has 0 aliphatic carbocycles. The molecule has 6 heteroatoms. The number of fused-ring (bicyclic) bond motifs is 1. The van der Waals surface area contributed by atoms with E-state index in [4.69, 9.17) is 4.74 Å². The van der Waals surface area contributed by atoms with Crippen LogP contribution in [0.25, 0.3) is 10.9 Å². The highest BCUT2D eigenvalue weighted by Crippen LogP contribution is 2.22. The number of hydrogen-bond acceptors (Lipinski definition) is 3. The zero-order valence-electron chi connectivity index (χ0n) is 10.8. The number of carbonyl (C=O) groups is 1. The van der Waals surface area contributed by atoms with Crippen molar-refractivity contribution in [2.45, 2.75) is 0 Å². The lowest BCUT2D eigenvalue weighted by Gasteiger charge is -2.26. The molecule has 0 saturated carbocycles. The molecule has 0 bridgehead atoms. The highest BCUT2D eigenvalue weighted by molar-refractivity contribution is 5.99. The molecule has 0 radical (unpaired) electrons.